The topological polar surface area (TPSA) is 37.3 Å². The van der Waals surface area contributed by atoms with Gasteiger partial charge in [0.1, 0.15) is 5.82 Å². The molecule has 1 rings (SSSR count). The maximum atomic E-state index is 12.8. The van der Waals surface area contributed by atoms with Crippen LogP contribution in [0.25, 0.3) is 0 Å². The Kier molecular flexibility index (Phi) is 4.36. The van der Waals surface area contributed by atoms with E-state index in [0.717, 1.165) is 0 Å². The fourth-order valence-corrected chi connectivity index (χ4v) is 1.56. The van der Waals surface area contributed by atoms with Crippen molar-refractivity contribution in [3.05, 3.63) is 34.6 Å². The zero-order valence-electron chi connectivity index (χ0n) is 7.71. The molecule has 1 aromatic carbocycles. The molecule has 15 heavy (non-hydrogen) atoms. The minimum absolute atomic E-state index is 0.00604. The Morgan fingerprint density at radius 1 is 1.53 bits per heavy atom. The van der Waals surface area contributed by atoms with Crippen LogP contribution in [0.1, 0.15) is 23.8 Å². The normalized spacial score (nSPS) is 12.5. The second-order valence-corrected chi connectivity index (χ2v) is 4.01. The average Bonchev–Trinajstić information content (AvgIpc) is 2.18. The van der Waals surface area contributed by atoms with Crippen LogP contribution in [-0.4, -0.2) is 11.1 Å². The van der Waals surface area contributed by atoms with Gasteiger partial charge >= 0.3 is 5.97 Å². The molecule has 0 amide bonds. The highest BCUT2D eigenvalue weighted by Gasteiger charge is 2.11. The van der Waals surface area contributed by atoms with Gasteiger partial charge in [-0.05, 0) is 24.1 Å². The molecule has 0 aromatic heterocycles. The number of aliphatic carboxylic acids is 1. The first kappa shape index (κ1) is 12.3. The molecular formula is C10H9Cl2FO2. The van der Waals surface area contributed by atoms with Gasteiger partial charge in [0.15, 0.2) is 0 Å². The fraction of sp³-hybridized carbons (Fsp3) is 0.300. The number of alkyl halides is 1. The molecule has 1 N–H and O–H groups in total. The van der Waals surface area contributed by atoms with E-state index >= 15 is 0 Å². The lowest BCUT2D eigenvalue weighted by Crippen LogP contribution is -1.98. The van der Waals surface area contributed by atoms with Gasteiger partial charge in [-0.2, -0.15) is 0 Å². The summed E-state index contributed by atoms with van der Waals surface area (Å²) in [6, 6.07) is 4.13. The molecule has 0 saturated carbocycles. The van der Waals surface area contributed by atoms with Crippen molar-refractivity contribution in [3.8, 4) is 0 Å². The van der Waals surface area contributed by atoms with Crippen LogP contribution in [0.2, 0.25) is 5.02 Å². The third-order valence-corrected chi connectivity index (χ3v) is 2.68. The molecule has 0 spiro atoms. The van der Waals surface area contributed by atoms with E-state index in [1.54, 1.807) is 0 Å². The fourth-order valence-electron chi connectivity index (χ4n) is 1.12. The Bertz CT molecular complexity index is 368. The van der Waals surface area contributed by atoms with E-state index in [0.29, 0.717) is 12.0 Å². The molecule has 1 atom stereocenters. The molecule has 1 aromatic rings. The molecule has 0 aliphatic carbocycles. The quantitative estimate of drug-likeness (QED) is 0.829. The standard InChI is InChI=1S/C10H9Cl2FO2/c11-7(2-4-10(14)15)6-1-3-9(13)8(12)5-6/h1,3,5,7H,2,4H2,(H,14,15). The van der Waals surface area contributed by atoms with Crippen molar-refractivity contribution in [1.82, 2.24) is 0 Å². The summed E-state index contributed by atoms with van der Waals surface area (Å²) in [5.41, 5.74) is 0.629. The number of hydrogen-bond donors (Lipinski definition) is 1. The molecule has 0 aliphatic heterocycles. The third kappa shape index (κ3) is 3.68. The van der Waals surface area contributed by atoms with Gasteiger partial charge in [0.05, 0.1) is 10.4 Å². The first-order valence-corrected chi connectivity index (χ1v) is 5.13. The zero-order valence-corrected chi connectivity index (χ0v) is 9.22. The second kappa shape index (κ2) is 5.33. The maximum absolute atomic E-state index is 12.8. The molecule has 0 aliphatic rings. The van der Waals surface area contributed by atoms with E-state index in [1.165, 1.54) is 18.2 Å². The second-order valence-electron chi connectivity index (χ2n) is 3.07. The van der Waals surface area contributed by atoms with Crippen molar-refractivity contribution in [2.45, 2.75) is 18.2 Å². The monoisotopic (exact) mass is 250 g/mol. The number of carbonyl (C=O) groups is 1. The SMILES string of the molecule is O=C(O)CCC(Cl)c1ccc(F)c(Cl)c1. The highest BCUT2D eigenvalue weighted by molar-refractivity contribution is 6.31. The molecule has 0 radical (unpaired) electrons. The third-order valence-electron chi connectivity index (χ3n) is 1.92. The molecule has 0 heterocycles. The van der Waals surface area contributed by atoms with Gasteiger partial charge in [-0.3, -0.25) is 4.79 Å². The smallest absolute Gasteiger partial charge is 0.303 e. The number of carboxylic acids is 1. The van der Waals surface area contributed by atoms with Gasteiger partial charge in [-0.1, -0.05) is 17.7 Å². The van der Waals surface area contributed by atoms with Crippen molar-refractivity contribution >= 4 is 29.2 Å². The highest BCUT2D eigenvalue weighted by atomic mass is 35.5. The van der Waals surface area contributed by atoms with Crippen LogP contribution in [0.3, 0.4) is 0 Å². The molecular weight excluding hydrogens is 242 g/mol. The van der Waals surface area contributed by atoms with Gasteiger partial charge in [-0.25, -0.2) is 4.39 Å². The first-order valence-electron chi connectivity index (χ1n) is 4.31. The minimum Gasteiger partial charge on any atom is -0.481 e. The van der Waals surface area contributed by atoms with Crippen LogP contribution in [-0.2, 0) is 4.79 Å². The summed E-state index contributed by atoms with van der Waals surface area (Å²) in [7, 11) is 0. The minimum atomic E-state index is -0.908. The summed E-state index contributed by atoms with van der Waals surface area (Å²) < 4.78 is 12.8. The largest absolute Gasteiger partial charge is 0.481 e. The Balaban J connectivity index is 2.69. The number of carboxylic acid groups (broad SMARTS) is 1. The summed E-state index contributed by atoms with van der Waals surface area (Å²) in [5.74, 6) is -1.42. The lowest BCUT2D eigenvalue weighted by molar-refractivity contribution is -0.137. The van der Waals surface area contributed by atoms with Crippen LogP contribution in [0.15, 0.2) is 18.2 Å². The Morgan fingerprint density at radius 3 is 2.73 bits per heavy atom. The van der Waals surface area contributed by atoms with Gasteiger partial charge in [0, 0.05) is 6.42 Å². The van der Waals surface area contributed by atoms with Gasteiger partial charge < -0.3 is 5.11 Å². The molecule has 0 bridgehead atoms. The van der Waals surface area contributed by atoms with Gasteiger partial charge in [-0.15, -0.1) is 11.6 Å². The van der Waals surface area contributed by atoms with E-state index in [2.05, 4.69) is 0 Å². The maximum Gasteiger partial charge on any atom is 0.303 e. The van der Waals surface area contributed by atoms with Crippen LogP contribution in [0.4, 0.5) is 4.39 Å². The molecule has 5 heteroatoms. The molecule has 0 saturated heterocycles. The van der Waals surface area contributed by atoms with Crippen LogP contribution >= 0.6 is 23.2 Å². The van der Waals surface area contributed by atoms with E-state index < -0.39 is 17.2 Å². The van der Waals surface area contributed by atoms with E-state index in [-0.39, 0.29) is 11.4 Å². The van der Waals surface area contributed by atoms with E-state index in [1.807, 2.05) is 0 Å². The van der Waals surface area contributed by atoms with Crippen LogP contribution < -0.4 is 0 Å². The number of hydrogen-bond acceptors (Lipinski definition) is 1. The summed E-state index contributed by atoms with van der Waals surface area (Å²) >= 11 is 11.5. The summed E-state index contributed by atoms with van der Waals surface area (Å²) in [6.07, 6.45) is 0.266. The highest BCUT2D eigenvalue weighted by Crippen LogP contribution is 2.28. The number of halogens is 3. The molecule has 0 fully saturated rings. The first-order chi connectivity index (χ1) is 7.00. The number of benzene rings is 1. The van der Waals surface area contributed by atoms with Crippen LogP contribution in [0, 0.1) is 5.82 Å². The number of rotatable bonds is 4. The van der Waals surface area contributed by atoms with Crippen molar-refractivity contribution in [3.63, 3.8) is 0 Å². The van der Waals surface area contributed by atoms with Crippen molar-refractivity contribution in [2.75, 3.05) is 0 Å². The molecule has 82 valence electrons. The molecule has 1 unspecified atom stereocenters. The summed E-state index contributed by atoms with van der Waals surface area (Å²) in [4.78, 5) is 10.3. The predicted octanol–water partition coefficient (Wildman–Crippen LogP) is 3.62. The van der Waals surface area contributed by atoms with Crippen LogP contribution in [0.5, 0.6) is 0 Å². The van der Waals surface area contributed by atoms with Gasteiger partial charge in [0.2, 0.25) is 0 Å². The van der Waals surface area contributed by atoms with Crippen molar-refractivity contribution in [2.24, 2.45) is 0 Å². The zero-order chi connectivity index (χ0) is 11.4. The molecule has 2 nitrogen and oxygen atoms in total. The van der Waals surface area contributed by atoms with Crippen molar-refractivity contribution in [1.29, 1.82) is 0 Å². The Morgan fingerprint density at radius 2 is 2.20 bits per heavy atom. The predicted molar refractivity (Wildman–Crippen MR) is 56.9 cm³/mol. The average molecular weight is 251 g/mol. The lowest BCUT2D eigenvalue weighted by atomic mass is 10.1. The summed E-state index contributed by atoms with van der Waals surface area (Å²) in [6.45, 7) is 0. The van der Waals surface area contributed by atoms with E-state index in [4.69, 9.17) is 28.3 Å². The van der Waals surface area contributed by atoms with E-state index in [9.17, 15) is 9.18 Å². The summed E-state index contributed by atoms with van der Waals surface area (Å²) in [5, 5.41) is 8.00. The Labute approximate surface area is 96.6 Å². The Hall–Kier alpha value is -0.800. The van der Waals surface area contributed by atoms with Crippen molar-refractivity contribution < 1.29 is 14.3 Å². The van der Waals surface area contributed by atoms with Gasteiger partial charge in [0.25, 0.3) is 0 Å². The lowest BCUT2D eigenvalue weighted by Gasteiger charge is -2.08.